The monoisotopic (exact) mass is 134 g/mol. The zero-order valence-electron chi connectivity index (χ0n) is 6.56. The molecule has 0 aromatic carbocycles. The minimum Gasteiger partial charge on any atom is -0.0773 e. The van der Waals surface area contributed by atoms with E-state index in [1.807, 2.05) is 0 Å². The van der Waals surface area contributed by atoms with E-state index in [0.29, 0.717) is 0 Å². The van der Waals surface area contributed by atoms with E-state index in [1.54, 1.807) is 11.1 Å². The molecule has 10 heavy (non-hydrogen) atoms. The van der Waals surface area contributed by atoms with Crippen molar-refractivity contribution < 1.29 is 0 Å². The fourth-order valence-electron chi connectivity index (χ4n) is 2.04. The van der Waals surface area contributed by atoms with Crippen molar-refractivity contribution >= 4 is 0 Å². The SMILES string of the molecule is C[C@H]1C=CC2=C1CCCC2. The van der Waals surface area contributed by atoms with Gasteiger partial charge in [0, 0.05) is 0 Å². The van der Waals surface area contributed by atoms with Gasteiger partial charge in [0.2, 0.25) is 0 Å². The summed E-state index contributed by atoms with van der Waals surface area (Å²) < 4.78 is 0. The summed E-state index contributed by atoms with van der Waals surface area (Å²) in [6, 6.07) is 0. The van der Waals surface area contributed by atoms with Gasteiger partial charge in [0.25, 0.3) is 0 Å². The average Bonchev–Trinajstić information content (AvgIpc) is 2.34. The molecule has 2 aliphatic rings. The number of hydrogen-bond acceptors (Lipinski definition) is 0. The van der Waals surface area contributed by atoms with Gasteiger partial charge in [-0.15, -0.1) is 0 Å². The Balaban J connectivity index is 2.27. The largest absolute Gasteiger partial charge is 0.0773 e. The Morgan fingerprint density at radius 1 is 1.30 bits per heavy atom. The summed E-state index contributed by atoms with van der Waals surface area (Å²) in [5.74, 6) is 0.760. The molecular formula is C10H14. The summed E-state index contributed by atoms with van der Waals surface area (Å²) in [6.45, 7) is 2.31. The van der Waals surface area contributed by atoms with E-state index in [1.165, 1.54) is 25.7 Å². The minimum atomic E-state index is 0.760. The number of hydrogen-bond donors (Lipinski definition) is 0. The fourth-order valence-corrected chi connectivity index (χ4v) is 2.04. The van der Waals surface area contributed by atoms with Gasteiger partial charge in [0.15, 0.2) is 0 Å². The van der Waals surface area contributed by atoms with Crippen LogP contribution in [0.15, 0.2) is 23.3 Å². The fraction of sp³-hybridized carbons (Fsp3) is 0.600. The Labute approximate surface area is 62.6 Å². The van der Waals surface area contributed by atoms with E-state index >= 15 is 0 Å². The van der Waals surface area contributed by atoms with Crippen LogP contribution in [-0.2, 0) is 0 Å². The first-order valence-corrected chi connectivity index (χ1v) is 4.28. The van der Waals surface area contributed by atoms with Crippen molar-refractivity contribution in [1.29, 1.82) is 0 Å². The molecular weight excluding hydrogens is 120 g/mol. The van der Waals surface area contributed by atoms with Gasteiger partial charge in [-0.1, -0.05) is 24.6 Å². The highest BCUT2D eigenvalue weighted by molar-refractivity contribution is 5.37. The number of rotatable bonds is 0. The Hall–Kier alpha value is -0.520. The molecule has 0 saturated carbocycles. The highest BCUT2D eigenvalue weighted by Crippen LogP contribution is 2.35. The van der Waals surface area contributed by atoms with Crippen LogP contribution in [0, 0.1) is 5.92 Å². The van der Waals surface area contributed by atoms with Crippen LogP contribution in [0.5, 0.6) is 0 Å². The third kappa shape index (κ3) is 0.828. The van der Waals surface area contributed by atoms with Gasteiger partial charge in [-0.05, 0) is 37.2 Å². The molecule has 54 valence electrons. The molecule has 0 aliphatic heterocycles. The summed E-state index contributed by atoms with van der Waals surface area (Å²) in [5.41, 5.74) is 3.38. The molecule has 1 atom stereocenters. The first-order chi connectivity index (χ1) is 4.88. The Kier molecular flexibility index (Phi) is 1.40. The lowest BCUT2D eigenvalue weighted by atomic mass is 9.90. The molecule has 0 heteroatoms. The van der Waals surface area contributed by atoms with Crippen molar-refractivity contribution in [3.8, 4) is 0 Å². The molecule has 2 rings (SSSR count). The molecule has 0 saturated heterocycles. The van der Waals surface area contributed by atoms with Crippen molar-refractivity contribution in [2.45, 2.75) is 32.6 Å². The third-order valence-corrected chi connectivity index (χ3v) is 2.69. The van der Waals surface area contributed by atoms with Crippen LogP contribution in [0.1, 0.15) is 32.6 Å². The Morgan fingerprint density at radius 3 is 2.90 bits per heavy atom. The van der Waals surface area contributed by atoms with E-state index in [0.717, 1.165) is 5.92 Å². The standard InChI is InChI=1S/C10H14/c1-8-6-7-9-4-2-3-5-10(8)9/h6-8H,2-5H2,1H3/t8-/m0/s1. The second kappa shape index (κ2) is 2.26. The van der Waals surface area contributed by atoms with Crippen LogP contribution < -0.4 is 0 Å². The summed E-state index contributed by atoms with van der Waals surface area (Å²) in [5, 5.41) is 0. The minimum absolute atomic E-state index is 0.760. The first kappa shape index (κ1) is 6.21. The summed E-state index contributed by atoms with van der Waals surface area (Å²) in [4.78, 5) is 0. The molecule has 0 radical (unpaired) electrons. The maximum Gasteiger partial charge on any atom is -0.00426 e. The van der Waals surface area contributed by atoms with Crippen LogP contribution in [0.25, 0.3) is 0 Å². The molecule has 0 aromatic heterocycles. The van der Waals surface area contributed by atoms with E-state index in [2.05, 4.69) is 19.1 Å². The molecule has 0 nitrogen and oxygen atoms in total. The summed E-state index contributed by atoms with van der Waals surface area (Å²) >= 11 is 0. The predicted molar refractivity (Wildman–Crippen MR) is 43.8 cm³/mol. The molecule has 0 amide bonds. The van der Waals surface area contributed by atoms with Gasteiger partial charge in [-0.3, -0.25) is 0 Å². The zero-order chi connectivity index (χ0) is 6.97. The highest BCUT2D eigenvalue weighted by atomic mass is 14.2. The average molecular weight is 134 g/mol. The topological polar surface area (TPSA) is 0 Å². The molecule has 0 spiro atoms. The molecule has 0 aromatic rings. The van der Waals surface area contributed by atoms with Crippen molar-refractivity contribution in [1.82, 2.24) is 0 Å². The van der Waals surface area contributed by atoms with Crippen LogP contribution in [0.2, 0.25) is 0 Å². The van der Waals surface area contributed by atoms with E-state index in [9.17, 15) is 0 Å². The second-order valence-corrected chi connectivity index (χ2v) is 3.41. The maximum atomic E-state index is 2.34. The van der Waals surface area contributed by atoms with Gasteiger partial charge >= 0.3 is 0 Å². The van der Waals surface area contributed by atoms with E-state index < -0.39 is 0 Å². The molecule has 0 N–H and O–H groups in total. The molecule has 0 bridgehead atoms. The molecule has 0 heterocycles. The van der Waals surface area contributed by atoms with Crippen molar-refractivity contribution in [2.24, 2.45) is 5.92 Å². The Morgan fingerprint density at radius 2 is 2.10 bits per heavy atom. The lowest BCUT2D eigenvalue weighted by Crippen LogP contribution is -1.99. The zero-order valence-corrected chi connectivity index (χ0v) is 6.56. The second-order valence-electron chi connectivity index (χ2n) is 3.41. The van der Waals surface area contributed by atoms with Crippen molar-refractivity contribution in [3.05, 3.63) is 23.3 Å². The molecule has 0 fully saturated rings. The third-order valence-electron chi connectivity index (χ3n) is 2.69. The highest BCUT2D eigenvalue weighted by Gasteiger charge is 2.18. The summed E-state index contributed by atoms with van der Waals surface area (Å²) in [7, 11) is 0. The molecule has 0 unspecified atom stereocenters. The van der Waals surface area contributed by atoms with Gasteiger partial charge in [0.05, 0.1) is 0 Å². The Bertz CT molecular complexity index is 196. The van der Waals surface area contributed by atoms with Gasteiger partial charge in [-0.25, -0.2) is 0 Å². The lowest BCUT2D eigenvalue weighted by Gasteiger charge is -2.16. The van der Waals surface area contributed by atoms with Crippen LogP contribution in [-0.4, -0.2) is 0 Å². The van der Waals surface area contributed by atoms with Crippen molar-refractivity contribution in [3.63, 3.8) is 0 Å². The van der Waals surface area contributed by atoms with Crippen LogP contribution in [0.3, 0.4) is 0 Å². The van der Waals surface area contributed by atoms with Gasteiger partial charge < -0.3 is 0 Å². The van der Waals surface area contributed by atoms with Crippen LogP contribution >= 0.6 is 0 Å². The first-order valence-electron chi connectivity index (χ1n) is 4.28. The smallest absolute Gasteiger partial charge is 0.00426 e. The normalized spacial score (nSPS) is 31.1. The molecule has 2 aliphatic carbocycles. The quantitative estimate of drug-likeness (QED) is 0.477. The summed E-state index contributed by atoms with van der Waals surface area (Å²) in [6.07, 6.45) is 10.2. The lowest BCUT2D eigenvalue weighted by molar-refractivity contribution is 0.645. The van der Waals surface area contributed by atoms with Crippen molar-refractivity contribution in [2.75, 3.05) is 0 Å². The van der Waals surface area contributed by atoms with E-state index in [-0.39, 0.29) is 0 Å². The maximum absolute atomic E-state index is 2.34. The van der Waals surface area contributed by atoms with Gasteiger partial charge in [-0.2, -0.15) is 0 Å². The van der Waals surface area contributed by atoms with Gasteiger partial charge in [0.1, 0.15) is 0 Å². The van der Waals surface area contributed by atoms with Crippen LogP contribution in [0.4, 0.5) is 0 Å². The predicted octanol–water partition coefficient (Wildman–Crippen LogP) is 3.06. The van der Waals surface area contributed by atoms with E-state index in [4.69, 9.17) is 0 Å². The number of allylic oxidation sites excluding steroid dienone is 4.